The first-order valence-corrected chi connectivity index (χ1v) is 6.87. The molecule has 0 spiro atoms. The Morgan fingerprint density at radius 3 is 2.76 bits per heavy atom. The topological polar surface area (TPSA) is 46.6 Å². The second-order valence-corrected chi connectivity index (χ2v) is 4.82. The lowest BCUT2D eigenvalue weighted by Crippen LogP contribution is -2.23. The lowest BCUT2D eigenvalue weighted by atomic mass is 10.1. The molecule has 0 saturated heterocycles. The molecule has 2 aromatic carbocycles. The summed E-state index contributed by atoms with van der Waals surface area (Å²) in [6.45, 7) is 2.63. The molecule has 0 fully saturated rings. The number of fused-ring (bicyclic) bond motifs is 1. The van der Waals surface area contributed by atoms with E-state index in [1.54, 1.807) is 30.0 Å². The summed E-state index contributed by atoms with van der Waals surface area (Å²) in [5.41, 5.74) is 2.89. The smallest absolute Gasteiger partial charge is 0.338 e. The summed E-state index contributed by atoms with van der Waals surface area (Å²) in [5, 5.41) is 0. The van der Waals surface area contributed by atoms with Crippen molar-refractivity contribution >= 4 is 17.6 Å². The number of hydrogen-bond acceptors (Lipinski definition) is 3. The Morgan fingerprint density at radius 2 is 2.00 bits per heavy atom. The zero-order chi connectivity index (χ0) is 14.8. The van der Waals surface area contributed by atoms with Crippen LogP contribution in [0.3, 0.4) is 0 Å². The van der Waals surface area contributed by atoms with Crippen LogP contribution in [0.2, 0.25) is 0 Å². The SMILES string of the molecule is CCOC(=O)c1cccc(N2Cc3ccccc3C2=O)c1. The van der Waals surface area contributed by atoms with E-state index < -0.39 is 0 Å². The summed E-state index contributed by atoms with van der Waals surface area (Å²) in [5.74, 6) is -0.407. The minimum atomic E-state index is -0.372. The molecule has 0 saturated carbocycles. The third-order valence-electron chi connectivity index (χ3n) is 3.49. The van der Waals surface area contributed by atoms with E-state index in [2.05, 4.69) is 0 Å². The van der Waals surface area contributed by atoms with Crippen LogP contribution < -0.4 is 4.90 Å². The van der Waals surface area contributed by atoms with Gasteiger partial charge in [0.1, 0.15) is 0 Å². The maximum Gasteiger partial charge on any atom is 0.338 e. The van der Waals surface area contributed by atoms with Crippen molar-refractivity contribution in [2.75, 3.05) is 11.5 Å². The molecule has 1 heterocycles. The van der Waals surface area contributed by atoms with Gasteiger partial charge >= 0.3 is 5.97 Å². The Kier molecular flexibility index (Phi) is 3.44. The first-order chi connectivity index (χ1) is 10.2. The van der Waals surface area contributed by atoms with Gasteiger partial charge in [0.25, 0.3) is 5.91 Å². The Bertz CT molecular complexity index is 709. The molecule has 1 aliphatic rings. The van der Waals surface area contributed by atoms with Gasteiger partial charge in [-0.3, -0.25) is 4.79 Å². The highest BCUT2D eigenvalue weighted by molar-refractivity contribution is 6.10. The van der Waals surface area contributed by atoms with Crippen LogP contribution in [0.4, 0.5) is 5.69 Å². The third-order valence-corrected chi connectivity index (χ3v) is 3.49. The number of carbonyl (C=O) groups is 2. The van der Waals surface area contributed by atoms with Crippen molar-refractivity contribution in [1.29, 1.82) is 0 Å². The van der Waals surface area contributed by atoms with Crippen LogP contribution in [0.1, 0.15) is 33.2 Å². The molecule has 0 radical (unpaired) electrons. The van der Waals surface area contributed by atoms with Crippen LogP contribution in [0.25, 0.3) is 0 Å². The van der Waals surface area contributed by atoms with E-state index in [0.29, 0.717) is 24.4 Å². The van der Waals surface area contributed by atoms with Gasteiger partial charge in [-0.25, -0.2) is 4.79 Å². The molecule has 0 aliphatic carbocycles. The maximum atomic E-state index is 12.4. The second-order valence-electron chi connectivity index (χ2n) is 4.82. The molecule has 4 nitrogen and oxygen atoms in total. The summed E-state index contributed by atoms with van der Waals surface area (Å²) in [4.78, 5) is 25.9. The quantitative estimate of drug-likeness (QED) is 0.812. The number of nitrogens with zero attached hydrogens (tertiary/aromatic N) is 1. The maximum absolute atomic E-state index is 12.4. The minimum absolute atomic E-state index is 0.0355. The standard InChI is InChI=1S/C17H15NO3/c1-2-21-17(20)12-7-5-8-14(10-12)18-11-13-6-3-4-9-15(13)16(18)19/h3-10H,2,11H2,1H3. The second kappa shape index (κ2) is 5.40. The van der Waals surface area contributed by atoms with Gasteiger partial charge in [-0.05, 0) is 36.8 Å². The molecular weight excluding hydrogens is 266 g/mol. The molecule has 0 aromatic heterocycles. The average Bonchev–Trinajstić information content (AvgIpc) is 2.85. The van der Waals surface area contributed by atoms with Gasteiger partial charge in [0.15, 0.2) is 0 Å². The van der Waals surface area contributed by atoms with E-state index in [-0.39, 0.29) is 11.9 Å². The van der Waals surface area contributed by atoms with Gasteiger partial charge in [0.2, 0.25) is 0 Å². The fourth-order valence-corrected chi connectivity index (χ4v) is 2.48. The molecule has 3 rings (SSSR count). The van der Waals surface area contributed by atoms with E-state index in [1.807, 2.05) is 30.3 Å². The van der Waals surface area contributed by atoms with Crippen LogP contribution in [0.5, 0.6) is 0 Å². The van der Waals surface area contributed by atoms with E-state index in [1.165, 1.54) is 0 Å². The van der Waals surface area contributed by atoms with Crippen LogP contribution in [0, 0.1) is 0 Å². The highest BCUT2D eigenvalue weighted by Gasteiger charge is 2.28. The van der Waals surface area contributed by atoms with E-state index in [9.17, 15) is 9.59 Å². The fraction of sp³-hybridized carbons (Fsp3) is 0.176. The van der Waals surface area contributed by atoms with Gasteiger partial charge in [0, 0.05) is 11.3 Å². The predicted octanol–water partition coefficient (Wildman–Crippen LogP) is 3.02. The average molecular weight is 281 g/mol. The van der Waals surface area contributed by atoms with Crippen molar-refractivity contribution in [3.05, 3.63) is 65.2 Å². The summed E-state index contributed by atoms with van der Waals surface area (Å²) >= 11 is 0. The zero-order valence-corrected chi connectivity index (χ0v) is 11.7. The molecule has 0 atom stereocenters. The number of rotatable bonds is 3. The first-order valence-electron chi connectivity index (χ1n) is 6.87. The number of carbonyl (C=O) groups excluding carboxylic acids is 2. The predicted molar refractivity (Wildman–Crippen MR) is 79.4 cm³/mol. The lowest BCUT2D eigenvalue weighted by molar-refractivity contribution is 0.0526. The molecule has 0 unspecified atom stereocenters. The summed E-state index contributed by atoms with van der Waals surface area (Å²) in [6.07, 6.45) is 0. The summed E-state index contributed by atoms with van der Waals surface area (Å²) < 4.78 is 4.99. The molecule has 2 aromatic rings. The van der Waals surface area contributed by atoms with Gasteiger partial charge in [0.05, 0.1) is 18.7 Å². The number of amides is 1. The molecule has 4 heteroatoms. The van der Waals surface area contributed by atoms with Gasteiger partial charge < -0.3 is 9.64 Å². The van der Waals surface area contributed by atoms with Crippen LogP contribution in [-0.4, -0.2) is 18.5 Å². The van der Waals surface area contributed by atoms with Crippen molar-refractivity contribution in [2.45, 2.75) is 13.5 Å². The summed E-state index contributed by atoms with van der Waals surface area (Å²) in [7, 11) is 0. The lowest BCUT2D eigenvalue weighted by Gasteiger charge is -2.16. The van der Waals surface area contributed by atoms with Gasteiger partial charge in [-0.2, -0.15) is 0 Å². The Balaban J connectivity index is 1.91. The van der Waals surface area contributed by atoms with Crippen molar-refractivity contribution < 1.29 is 14.3 Å². The highest BCUT2D eigenvalue weighted by atomic mass is 16.5. The molecule has 1 aliphatic heterocycles. The Hall–Kier alpha value is -2.62. The van der Waals surface area contributed by atoms with E-state index in [4.69, 9.17) is 4.74 Å². The van der Waals surface area contributed by atoms with Crippen molar-refractivity contribution in [3.63, 3.8) is 0 Å². The fourth-order valence-electron chi connectivity index (χ4n) is 2.48. The van der Waals surface area contributed by atoms with E-state index >= 15 is 0 Å². The van der Waals surface area contributed by atoms with E-state index in [0.717, 1.165) is 11.1 Å². The van der Waals surface area contributed by atoms with Gasteiger partial charge in [-0.15, -0.1) is 0 Å². The molecular formula is C17H15NO3. The largest absolute Gasteiger partial charge is 0.462 e. The van der Waals surface area contributed by atoms with Crippen molar-refractivity contribution in [2.24, 2.45) is 0 Å². The van der Waals surface area contributed by atoms with Gasteiger partial charge in [-0.1, -0.05) is 24.3 Å². The molecule has 0 bridgehead atoms. The number of hydrogen-bond donors (Lipinski definition) is 0. The molecule has 21 heavy (non-hydrogen) atoms. The number of ether oxygens (including phenoxy) is 1. The van der Waals surface area contributed by atoms with Crippen molar-refractivity contribution in [1.82, 2.24) is 0 Å². The molecule has 1 amide bonds. The monoisotopic (exact) mass is 281 g/mol. The Labute approximate surface area is 123 Å². The Morgan fingerprint density at radius 1 is 1.19 bits per heavy atom. The van der Waals surface area contributed by atoms with Crippen LogP contribution in [0.15, 0.2) is 48.5 Å². The van der Waals surface area contributed by atoms with Crippen LogP contribution >= 0.6 is 0 Å². The highest BCUT2D eigenvalue weighted by Crippen LogP contribution is 2.28. The molecule has 106 valence electrons. The first kappa shape index (κ1) is 13.4. The van der Waals surface area contributed by atoms with Crippen LogP contribution in [-0.2, 0) is 11.3 Å². The number of esters is 1. The summed E-state index contributed by atoms with van der Waals surface area (Å²) in [6, 6.07) is 14.5. The zero-order valence-electron chi connectivity index (χ0n) is 11.7. The third kappa shape index (κ3) is 2.40. The molecule has 0 N–H and O–H groups in total. The number of benzene rings is 2. The number of anilines is 1. The minimum Gasteiger partial charge on any atom is -0.462 e. The normalized spacial score (nSPS) is 13.2. The van der Waals surface area contributed by atoms with Crippen molar-refractivity contribution in [3.8, 4) is 0 Å².